The van der Waals surface area contributed by atoms with Crippen LogP contribution in [0.15, 0.2) is 53.5 Å². The monoisotopic (exact) mass is 440 g/mol. The molecule has 7 heteroatoms. The Kier molecular flexibility index (Phi) is 8.09. The highest BCUT2D eigenvalue weighted by Crippen LogP contribution is 2.23. The third kappa shape index (κ3) is 7.55. The molecule has 1 fully saturated rings. The topological polar surface area (TPSA) is 74.8 Å². The lowest BCUT2D eigenvalue weighted by atomic mass is 9.84. The largest absolute Gasteiger partial charge is 0.484 e. The fourth-order valence-corrected chi connectivity index (χ4v) is 3.26. The van der Waals surface area contributed by atoms with Crippen molar-refractivity contribution in [2.24, 2.45) is 4.99 Å². The number of nitrogens with one attached hydrogen (secondary N) is 3. The second kappa shape index (κ2) is 11.0. The molecule has 3 rings (SSSR count). The fraction of sp³-hybridized carbons (Fsp3) is 0.440. The number of carbonyl (C=O) groups excluding carboxylic acids is 1. The van der Waals surface area contributed by atoms with E-state index in [4.69, 9.17) is 4.74 Å². The van der Waals surface area contributed by atoms with Crippen molar-refractivity contribution in [1.82, 2.24) is 16.0 Å². The molecular weight excluding hydrogens is 407 g/mol. The number of hydrogen-bond donors (Lipinski definition) is 3. The van der Waals surface area contributed by atoms with Crippen LogP contribution in [0.2, 0.25) is 0 Å². The number of carbonyl (C=O) groups is 1. The van der Waals surface area contributed by atoms with Gasteiger partial charge in [0.1, 0.15) is 11.6 Å². The van der Waals surface area contributed by atoms with Crippen LogP contribution in [0.3, 0.4) is 0 Å². The fourth-order valence-electron chi connectivity index (χ4n) is 3.26. The van der Waals surface area contributed by atoms with E-state index in [9.17, 15) is 9.18 Å². The molecule has 1 aliphatic carbocycles. The first-order valence-corrected chi connectivity index (χ1v) is 11.1. The van der Waals surface area contributed by atoms with Crippen molar-refractivity contribution in [3.63, 3.8) is 0 Å². The summed E-state index contributed by atoms with van der Waals surface area (Å²) in [5.41, 5.74) is 1.85. The zero-order chi connectivity index (χ0) is 23.0. The summed E-state index contributed by atoms with van der Waals surface area (Å²) in [5.74, 6) is 1.09. The average Bonchev–Trinajstić information content (AvgIpc) is 3.59. The summed E-state index contributed by atoms with van der Waals surface area (Å²) < 4.78 is 19.1. The molecule has 0 radical (unpaired) electrons. The lowest BCUT2D eigenvalue weighted by Gasteiger charge is -2.27. The zero-order valence-corrected chi connectivity index (χ0v) is 19.1. The van der Waals surface area contributed by atoms with E-state index < -0.39 is 0 Å². The minimum Gasteiger partial charge on any atom is -0.484 e. The quantitative estimate of drug-likeness (QED) is 0.392. The van der Waals surface area contributed by atoms with Crippen LogP contribution in [0.5, 0.6) is 5.75 Å². The zero-order valence-electron chi connectivity index (χ0n) is 19.1. The van der Waals surface area contributed by atoms with Gasteiger partial charge in [-0.05, 0) is 54.7 Å². The van der Waals surface area contributed by atoms with Gasteiger partial charge in [-0.2, -0.15) is 0 Å². The lowest BCUT2D eigenvalue weighted by molar-refractivity contribution is -0.123. The molecule has 2 aromatic rings. The summed E-state index contributed by atoms with van der Waals surface area (Å²) in [6.07, 6.45) is 2.95. The van der Waals surface area contributed by atoms with Crippen LogP contribution >= 0.6 is 0 Å². The highest BCUT2D eigenvalue weighted by molar-refractivity contribution is 5.79. The minimum atomic E-state index is -0.245. The van der Waals surface area contributed by atoms with Crippen LogP contribution in [0.25, 0.3) is 0 Å². The van der Waals surface area contributed by atoms with Gasteiger partial charge in [0.25, 0.3) is 5.91 Å². The second-order valence-corrected chi connectivity index (χ2v) is 8.77. The first kappa shape index (κ1) is 23.6. The number of nitrogens with zero attached hydrogens (tertiary/aromatic N) is 1. The van der Waals surface area contributed by atoms with E-state index in [1.54, 1.807) is 19.2 Å². The Balaban J connectivity index is 1.39. The Hall–Kier alpha value is -3.09. The van der Waals surface area contributed by atoms with Gasteiger partial charge in [0.05, 0.1) is 0 Å². The van der Waals surface area contributed by atoms with Gasteiger partial charge in [-0.1, -0.05) is 38.1 Å². The van der Waals surface area contributed by atoms with Gasteiger partial charge in [0.2, 0.25) is 0 Å². The van der Waals surface area contributed by atoms with Crippen molar-refractivity contribution >= 4 is 11.9 Å². The number of guanidine groups is 1. The SMILES string of the molecule is CN=C(NCCc1ccc(OCC(=O)NC2CC2)cc1)NCC(C)(C)c1cccc(F)c1. The van der Waals surface area contributed by atoms with Crippen molar-refractivity contribution in [1.29, 1.82) is 0 Å². The Labute approximate surface area is 189 Å². The molecule has 2 aromatic carbocycles. The summed E-state index contributed by atoms with van der Waals surface area (Å²) >= 11 is 0. The van der Waals surface area contributed by atoms with Crippen molar-refractivity contribution in [2.75, 3.05) is 26.7 Å². The Morgan fingerprint density at radius 1 is 1.16 bits per heavy atom. The number of rotatable bonds is 10. The standard InChI is InChI=1S/C25H33FN4O2/c1-25(2,19-5-4-6-20(26)15-19)17-29-24(27-3)28-14-13-18-7-11-22(12-8-18)32-16-23(31)30-21-9-10-21/h4-8,11-12,15,21H,9-10,13-14,16-17H2,1-3H3,(H,30,31)(H2,27,28,29). The normalized spacial score (nSPS) is 14.1. The molecule has 0 unspecified atom stereocenters. The maximum absolute atomic E-state index is 13.6. The van der Waals surface area contributed by atoms with Crippen molar-refractivity contribution in [3.8, 4) is 5.75 Å². The first-order chi connectivity index (χ1) is 15.4. The molecule has 3 N–H and O–H groups in total. The van der Waals surface area contributed by atoms with E-state index in [0.29, 0.717) is 30.8 Å². The Morgan fingerprint density at radius 3 is 2.56 bits per heavy atom. The summed E-state index contributed by atoms with van der Waals surface area (Å²) in [6.45, 7) is 5.52. The highest BCUT2D eigenvalue weighted by atomic mass is 19.1. The molecule has 0 heterocycles. The summed E-state index contributed by atoms with van der Waals surface area (Å²) in [4.78, 5) is 16.0. The third-order valence-electron chi connectivity index (χ3n) is 5.47. The molecule has 0 atom stereocenters. The van der Waals surface area contributed by atoms with Gasteiger partial charge in [-0.3, -0.25) is 9.79 Å². The summed E-state index contributed by atoms with van der Waals surface area (Å²) in [7, 11) is 1.73. The number of amides is 1. The van der Waals surface area contributed by atoms with Crippen LogP contribution < -0.4 is 20.7 Å². The second-order valence-electron chi connectivity index (χ2n) is 8.77. The van der Waals surface area contributed by atoms with Gasteiger partial charge in [0.15, 0.2) is 12.6 Å². The number of aliphatic imine (C=N–C) groups is 1. The predicted octanol–water partition coefficient (Wildman–Crippen LogP) is 3.17. The highest BCUT2D eigenvalue weighted by Gasteiger charge is 2.23. The van der Waals surface area contributed by atoms with Crippen LogP contribution in [0, 0.1) is 5.82 Å². The maximum atomic E-state index is 13.6. The Bertz CT molecular complexity index is 924. The third-order valence-corrected chi connectivity index (χ3v) is 5.47. The smallest absolute Gasteiger partial charge is 0.258 e. The first-order valence-electron chi connectivity index (χ1n) is 11.1. The van der Waals surface area contributed by atoms with Gasteiger partial charge in [-0.25, -0.2) is 4.39 Å². The molecule has 1 aliphatic rings. The molecule has 32 heavy (non-hydrogen) atoms. The van der Waals surface area contributed by atoms with Crippen LogP contribution in [-0.2, 0) is 16.6 Å². The number of hydrogen-bond acceptors (Lipinski definition) is 3. The number of halogens is 1. The van der Waals surface area contributed by atoms with Gasteiger partial charge < -0.3 is 20.7 Å². The average molecular weight is 441 g/mol. The van der Waals surface area contributed by atoms with Crippen molar-refractivity contribution < 1.29 is 13.9 Å². The molecule has 1 saturated carbocycles. The summed E-state index contributed by atoms with van der Waals surface area (Å²) in [6, 6.07) is 14.8. The lowest BCUT2D eigenvalue weighted by Crippen LogP contribution is -2.44. The molecule has 1 amide bonds. The molecular formula is C25H33FN4O2. The number of ether oxygens (including phenoxy) is 1. The minimum absolute atomic E-state index is 0.0470. The molecule has 0 bridgehead atoms. The van der Waals surface area contributed by atoms with Crippen LogP contribution in [0.1, 0.15) is 37.8 Å². The maximum Gasteiger partial charge on any atom is 0.258 e. The summed E-state index contributed by atoms with van der Waals surface area (Å²) in [5, 5.41) is 9.54. The van der Waals surface area contributed by atoms with Crippen molar-refractivity contribution in [3.05, 3.63) is 65.5 Å². The van der Waals surface area contributed by atoms with Crippen LogP contribution in [-0.4, -0.2) is 44.7 Å². The van der Waals surface area contributed by atoms with E-state index in [2.05, 4.69) is 34.8 Å². The molecule has 0 saturated heterocycles. The van der Waals surface area contributed by atoms with E-state index in [1.165, 1.54) is 6.07 Å². The van der Waals surface area contributed by atoms with Gasteiger partial charge in [-0.15, -0.1) is 0 Å². The van der Waals surface area contributed by atoms with E-state index in [0.717, 1.165) is 30.4 Å². The molecule has 0 spiro atoms. The molecule has 0 aromatic heterocycles. The molecule has 172 valence electrons. The van der Waals surface area contributed by atoms with E-state index in [1.807, 2.05) is 30.3 Å². The van der Waals surface area contributed by atoms with E-state index >= 15 is 0 Å². The van der Waals surface area contributed by atoms with Gasteiger partial charge >= 0.3 is 0 Å². The Morgan fingerprint density at radius 2 is 1.91 bits per heavy atom. The predicted molar refractivity (Wildman–Crippen MR) is 126 cm³/mol. The van der Waals surface area contributed by atoms with E-state index in [-0.39, 0.29) is 23.7 Å². The molecule has 6 nitrogen and oxygen atoms in total. The van der Waals surface area contributed by atoms with Crippen molar-refractivity contribution in [2.45, 2.75) is 44.6 Å². The molecule has 0 aliphatic heterocycles. The van der Waals surface area contributed by atoms with Crippen LogP contribution in [0.4, 0.5) is 4.39 Å². The van der Waals surface area contributed by atoms with Gasteiger partial charge in [0, 0.05) is 31.6 Å². The number of benzene rings is 2.